The van der Waals surface area contributed by atoms with Crippen LogP contribution >= 0.6 is 22.9 Å². The molecule has 4 nitrogen and oxygen atoms in total. The third kappa shape index (κ3) is 2.69. The molecule has 3 rings (SSSR count). The van der Waals surface area contributed by atoms with Crippen LogP contribution in [0.25, 0.3) is 5.69 Å². The molecule has 6 heteroatoms. The fourth-order valence-corrected chi connectivity index (χ4v) is 2.92. The van der Waals surface area contributed by atoms with Gasteiger partial charge in [-0.1, -0.05) is 11.6 Å². The molecule has 1 unspecified atom stereocenters. The van der Waals surface area contributed by atoms with Gasteiger partial charge in [-0.2, -0.15) is 16.4 Å². The lowest BCUT2D eigenvalue weighted by Gasteiger charge is -2.17. The predicted molar refractivity (Wildman–Crippen MR) is 82.7 cm³/mol. The number of nitrogens with zero attached hydrogens (tertiary/aromatic N) is 3. The molecule has 2 aromatic heterocycles. The van der Waals surface area contributed by atoms with Crippen LogP contribution in [0.2, 0.25) is 5.02 Å². The van der Waals surface area contributed by atoms with Gasteiger partial charge in [0, 0.05) is 11.1 Å². The van der Waals surface area contributed by atoms with Gasteiger partial charge in [0.15, 0.2) is 0 Å². The first-order valence-corrected chi connectivity index (χ1v) is 7.49. The number of hydrogen-bond donors (Lipinski definition) is 1. The second kappa shape index (κ2) is 5.64. The number of thiophene rings is 1. The third-order valence-electron chi connectivity index (χ3n) is 3.04. The fourth-order valence-electron chi connectivity index (χ4n) is 1.99. The minimum absolute atomic E-state index is 0.196. The van der Waals surface area contributed by atoms with Crippen LogP contribution in [0.4, 0.5) is 5.69 Å². The van der Waals surface area contributed by atoms with Crippen LogP contribution in [0, 0.1) is 0 Å². The van der Waals surface area contributed by atoms with Crippen LogP contribution in [-0.2, 0) is 0 Å². The van der Waals surface area contributed by atoms with Gasteiger partial charge in [-0.3, -0.25) is 0 Å². The van der Waals surface area contributed by atoms with Gasteiger partial charge in [0.05, 0.1) is 11.4 Å². The molecule has 102 valence electrons. The smallest absolute Gasteiger partial charge is 0.138 e. The maximum absolute atomic E-state index is 6.10. The molecule has 3 aromatic rings. The zero-order valence-corrected chi connectivity index (χ0v) is 12.4. The van der Waals surface area contributed by atoms with Crippen molar-refractivity contribution >= 4 is 28.6 Å². The van der Waals surface area contributed by atoms with Gasteiger partial charge in [-0.05, 0) is 47.5 Å². The highest BCUT2D eigenvalue weighted by atomic mass is 35.5. The first-order valence-electron chi connectivity index (χ1n) is 6.17. The van der Waals surface area contributed by atoms with Crippen LogP contribution in [0.5, 0.6) is 0 Å². The fraction of sp³-hybridized carbons (Fsp3) is 0.143. The third-order valence-corrected chi connectivity index (χ3v) is 3.98. The summed E-state index contributed by atoms with van der Waals surface area (Å²) in [5.41, 5.74) is 3.11. The molecule has 0 fully saturated rings. The molecule has 0 saturated carbocycles. The molecule has 0 aliphatic rings. The van der Waals surface area contributed by atoms with Crippen molar-refractivity contribution in [2.24, 2.45) is 0 Å². The lowest BCUT2D eigenvalue weighted by molar-refractivity contribution is 0.855. The van der Waals surface area contributed by atoms with Crippen molar-refractivity contribution < 1.29 is 0 Å². The topological polar surface area (TPSA) is 42.7 Å². The maximum atomic E-state index is 6.10. The van der Waals surface area contributed by atoms with Crippen LogP contribution in [0.1, 0.15) is 18.5 Å². The summed E-state index contributed by atoms with van der Waals surface area (Å²) >= 11 is 7.79. The normalized spacial score (nSPS) is 12.3. The second-order valence-corrected chi connectivity index (χ2v) is 5.64. The molecule has 1 aromatic carbocycles. The average molecular weight is 305 g/mol. The molecule has 0 aliphatic heterocycles. The summed E-state index contributed by atoms with van der Waals surface area (Å²) in [7, 11) is 0. The minimum Gasteiger partial charge on any atom is -0.377 e. The Morgan fingerprint density at radius 1 is 1.35 bits per heavy atom. The Morgan fingerprint density at radius 3 is 2.95 bits per heavy atom. The lowest BCUT2D eigenvalue weighted by Crippen LogP contribution is -2.09. The molecule has 0 bridgehead atoms. The minimum atomic E-state index is 0.196. The van der Waals surface area contributed by atoms with E-state index in [0.717, 1.165) is 11.4 Å². The summed E-state index contributed by atoms with van der Waals surface area (Å²) in [6.45, 7) is 2.12. The highest BCUT2D eigenvalue weighted by Crippen LogP contribution is 2.28. The summed E-state index contributed by atoms with van der Waals surface area (Å²) in [4.78, 5) is 3.98. The Kier molecular flexibility index (Phi) is 3.71. The van der Waals surface area contributed by atoms with Gasteiger partial charge in [0.1, 0.15) is 12.7 Å². The van der Waals surface area contributed by atoms with E-state index in [1.807, 2.05) is 18.2 Å². The van der Waals surface area contributed by atoms with E-state index in [9.17, 15) is 0 Å². The number of rotatable bonds is 4. The number of anilines is 1. The zero-order chi connectivity index (χ0) is 13.9. The van der Waals surface area contributed by atoms with E-state index in [4.69, 9.17) is 11.6 Å². The highest BCUT2D eigenvalue weighted by Gasteiger charge is 2.11. The summed E-state index contributed by atoms with van der Waals surface area (Å²) < 4.78 is 1.72. The monoisotopic (exact) mass is 304 g/mol. The molecule has 20 heavy (non-hydrogen) atoms. The van der Waals surface area contributed by atoms with E-state index in [2.05, 4.69) is 39.1 Å². The summed E-state index contributed by atoms with van der Waals surface area (Å²) in [6.07, 6.45) is 3.18. The van der Waals surface area contributed by atoms with Crippen molar-refractivity contribution in [2.75, 3.05) is 5.32 Å². The molecule has 1 atom stereocenters. The van der Waals surface area contributed by atoms with Crippen molar-refractivity contribution in [3.63, 3.8) is 0 Å². The quantitative estimate of drug-likeness (QED) is 0.787. The Balaban J connectivity index is 1.94. The second-order valence-electron chi connectivity index (χ2n) is 4.42. The summed E-state index contributed by atoms with van der Waals surface area (Å²) in [5.74, 6) is 0. The number of halogens is 1. The summed E-state index contributed by atoms with van der Waals surface area (Å²) in [5, 5.41) is 12.5. The molecule has 2 heterocycles. The first-order chi connectivity index (χ1) is 9.74. The van der Waals surface area contributed by atoms with Gasteiger partial charge in [-0.15, -0.1) is 0 Å². The van der Waals surface area contributed by atoms with Crippen LogP contribution < -0.4 is 5.32 Å². The van der Waals surface area contributed by atoms with Gasteiger partial charge in [0.25, 0.3) is 0 Å². The molecular weight excluding hydrogens is 292 g/mol. The van der Waals surface area contributed by atoms with E-state index in [0.29, 0.717) is 5.02 Å². The average Bonchev–Trinajstić information content (AvgIpc) is 3.12. The van der Waals surface area contributed by atoms with E-state index in [1.54, 1.807) is 22.3 Å². The van der Waals surface area contributed by atoms with E-state index >= 15 is 0 Å². The first kappa shape index (κ1) is 13.1. The van der Waals surface area contributed by atoms with Crippen LogP contribution in [0.15, 0.2) is 47.7 Å². The number of aromatic nitrogens is 3. The standard InChI is InChI=1S/C14H13ClN4S/c1-10(11-4-5-20-7-11)18-13-6-12(15)2-3-14(13)19-9-16-8-17-19/h2-10,18H,1H3. The summed E-state index contributed by atoms with van der Waals surface area (Å²) in [6, 6.07) is 7.99. The largest absolute Gasteiger partial charge is 0.377 e. The van der Waals surface area contributed by atoms with E-state index in [-0.39, 0.29) is 6.04 Å². The van der Waals surface area contributed by atoms with Crippen molar-refractivity contribution in [3.05, 3.63) is 58.3 Å². The van der Waals surface area contributed by atoms with Crippen molar-refractivity contribution in [3.8, 4) is 5.69 Å². The van der Waals surface area contributed by atoms with Crippen molar-refractivity contribution in [1.29, 1.82) is 0 Å². The van der Waals surface area contributed by atoms with Gasteiger partial charge < -0.3 is 5.32 Å². The highest BCUT2D eigenvalue weighted by molar-refractivity contribution is 7.08. The number of hydrogen-bond acceptors (Lipinski definition) is 4. The number of benzene rings is 1. The molecule has 0 spiro atoms. The van der Waals surface area contributed by atoms with E-state index < -0.39 is 0 Å². The SMILES string of the molecule is CC(Nc1cc(Cl)ccc1-n1cncn1)c1ccsc1. The molecule has 1 N–H and O–H groups in total. The van der Waals surface area contributed by atoms with Crippen molar-refractivity contribution in [2.45, 2.75) is 13.0 Å². The van der Waals surface area contributed by atoms with Crippen LogP contribution in [-0.4, -0.2) is 14.8 Å². The molecule has 0 aliphatic carbocycles. The Morgan fingerprint density at radius 2 is 2.25 bits per heavy atom. The molecule has 0 saturated heterocycles. The van der Waals surface area contributed by atoms with Gasteiger partial charge in [0.2, 0.25) is 0 Å². The Bertz CT molecular complexity index is 679. The number of nitrogens with one attached hydrogen (secondary N) is 1. The predicted octanol–water partition coefficient (Wildman–Crippen LogP) is 4.16. The van der Waals surface area contributed by atoms with Gasteiger partial charge in [-0.25, -0.2) is 9.67 Å². The zero-order valence-electron chi connectivity index (χ0n) is 10.8. The van der Waals surface area contributed by atoms with Gasteiger partial charge >= 0.3 is 0 Å². The lowest BCUT2D eigenvalue weighted by atomic mass is 10.1. The van der Waals surface area contributed by atoms with Crippen molar-refractivity contribution in [1.82, 2.24) is 14.8 Å². The Hall–Kier alpha value is -1.85. The molecule has 0 amide bonds. The Labute approximate surface area is 126 Å². The van der Waals surface area contributed by atoms with E-state index in [1.165, 1.54) is 11.9 Å². The molecule has 0 radical (unpaired) electrons. The maximum Gasteiger partial charge on any atom is 0.138 e. The molecular formula is C14H13ClN4S. The van der Waals surface area contributed by atoms with Crippen LogP contribution in [0.3, 0.4) is 0 Å².